The van der Waals surface area contributed by atoms with Crippen molar-refractivity contribution >= 4 is 10.0 Å². The van der Waals surface area contributed by atoms with Crippen LogP contribution in [0.1, 0.15) is 52.4 Å². The predicted molar refractivity (Wildman–Crippen MR) is 80.7 cm³/mol. The first kappa shape index (κ1) is 16.9. The van der Waals surface area contributed by atoms with E-state index in [1.54, 1.807) is 11.4 Å². The molecule has 0 saturated heterocycles. The fourth-order valence-corrected chi connectivity index (χ4v) is 4.32. The van der Waals surface area contributed by atoms with Crippen LogP contribution in [0.3, 0.4) is 0 Å². The molecule has 114 valence electrons. The van der Waals surface area contributed by atoms with Crippen molar-refractivity contribution in [2.45, 2.75) is 58.4 Å². The van der Waals surface area contributed by atoms with E-state index in [9.17, 15) is 8.42 Å². The molecule has 1 fully saturated rings. The summed E-state index contributed by atoms with van der Waals surface area (Å²) in [6.07, 6.45) is 6.13. The minimum Gasteiger partial charge on any atom is -0.317 e. The second-order valence-electron chi connectivity index (χ2n) is 5.82. The molecule has 0 aromatic carbocycles. The second kappa shape index (κ2) is 8.22. The van der Waals surface area contributed by atoms with Crippen LogP contribution in [0.25, 0.3) is 0 Å². The van der Waals surface area contributed by atoms with Gasteiger partial charge in [0.1, 0.15) is 0 Å². The molecule has 0 amide bonds. The molecule has 1 rings (SSSR count). The zero-order chi connectivity index (χ0) is 14.3. The SMILES string of the molecule is CCNCCCCS(=O)(=O)N(C)C1CCCC(C)C1. The van der Waals surface area contributed by atoms with E-state index >= 15 is 0 Å². The Labute approximate surface area is 119 Å². The highest BCUT2D eigenvalue weighted by Crippen LogP contribution is 2.28. The third kappa shape index (κ3) is 5.79. The lowest BCUT2D eigenvalue weighted by Crippen LogP contribution is -2.41. The normalized spacial score (nSPS) is 24.8. The molecule has 4 nitrogen and oxygen atoms in total. The Morgan fingerprint density at radius 3 is 2.63 bits per heavy atom. The topological polar surface area (TPSA) is 49.4 Å². The Bertz CT molecular complexity index is 343. The summed E-state index contributed by atoms with van der Waals surface area (Å²) in [5.74, 6) is 0.949. The van der Waals surface area contributed by atoms with Crippen molar-refractivity contribution in [3.8, 4) is 0 Å². The molecule has 1 saturated carbocycles. The van der Waals surface area contributed by atoms with E-state index in [0.29, 0.717) is 11.7 Å². The van der Waals surface area contributed by atoms with Gasteiger partial charge in [0.05, 0.1) is 5.75 Å². The number of unbranched alkanes of at least 4 members (excludes halogenated alkanes) is 1. The van der Waals surface area contributed by atoms with E-state index in [2.05, 4.69) is 19.2 Å². The van der Waals surface area contributed by atoms with Crippen LogP contribution >= 0.6 is 0 Å². The first-order valence-electron chi connectivity index (χ1n) is 7.63. The molecule has 0 aliphatic heterocycles. The van der Waals surface area contributed by atoms with E-state index in [1.807, 2.05) is 0 Å². The standard InChI is InChI=1S/C14H30N2O2S/c1-4-15-10-5-6-11-19(17,18)16(3)14-9-7-8-13(2)12-14/h13-15H,4-12H2,1-3H3. The van der Waals surface area contributed by atoms with E-state index in [4.69, 9.17) is 0 Å². The first-order valence-corrected chi connectivity index (χ1v) is 9.24. The molecule has 0 radical (unpaired) electrons. The molecule has 0 spiro atoms. The van der Waals surface area contributed by atoms with Gasteiger partial charge in [-0.1, -0.05) is 26.7 Å². The van der Waals surface area contributed by atoms with Crippen molar-refractivity contribution < 1.29 is 8.42 Å². The minimum atomic E-state index is -3.06. The summed E-state index contributed by atoms with van der Waals surface area (Å²) in [7, 11) is -1.30. The summed E-state index contributed by atoms with van der Waals surface area (Å²) in [4.78, 5) is 0. The second-order valence-corrected chi connectivity index (χ2v) is 7.97. The van der Waals surface area contributed by atoms with Gasteiger partial charge in [0.25, 0.3) is 0 Å². The van der Waals surface area contributed by atoms with Gasteiger partial charge in [-0.3, -0.25) is 0 Å². The van der Waals surface area contributed by atoms with Crippen LogP contribution in [0.4, 0.5) is 0 Å². The molecule has 0 bridgehead atoms. The van der Waals surface area contributed by atoms with Gasteiger partial charge in [0, 0.05) is 13.1 Å². The number of hydrogen-bond donors (Lipinski definition) is 1. The molecule has 1 aliphatic carbocycles. The smallest absolute Gasteiger partial charge is 0.214 e. The summed E-state index contributed by atoms with van der Waals surface area (Å²) in [5, 5.41) is 3.22. The molecule has 5 heteroatoms. The van der Waals surface area contributed by atoms with E-state index in [0.717, 1.165) is 45.2 Å². The Balaban J connectivity index is 2.38. The summed E-state index contributed by atoms with van der Waals surface area (Å²) in [5.41, 5.74) is 0. The van der Waals surface area contributed by atoms with E-state index < -0.39 is 10.0 Å². The van der Waals surface area contributed by atoms with Gasteiger partial charge < -0.3 is 5.32 Å². The van der Waals surface area contributed by atoms with Crippen molar-refractivity contribution in [1.82, 2.24) is 9.62 Å². The fraction of sp³-hybridized carbons (Fsp3) is 1.00. The lowest BCUT2D eigenvalue weighted by Gasteiger charge is -2.33. The minimum absolute atomic E-state index is 0.225. The summed E-state index contributed by atoms with van der Waals surface area (Å²) in [6, 6.07) is 0.225. The highest BCUT2D eigenvalue weighted by atomic mass is 32.2. The van der Waals surface area contributed by atoms with Crippen molar-refractivity contribution in [3.05, 3.63) is 0 Å². The third-order valence-corrected chi connectivity index (χ3v) is 6.10. The van der Waals surface area contributed by atoms with Crippen LogP contribution in [-0.2, 0) is 10.0 Å². The molecular weight excluding hydrogens is 260 g/mol. The monoisotopic (exact) mass is 290 g/mol. The molecule has 1 N–H and O–H groups in total. The maximum Gasteiger partial charge on any atom is 0.214 e. The number of nitrogens with zero attached hydrogens (tertiary/aromatic N) is 1. The average molecular weight is 290 g/mol. The molecule has 0 heterocycles. The molecule has 19 heavy (non-hydrogen) atoms. The summed E-state index contributed by atoms with van der Waals surface area (Å²) in [6.45, 7) is 6.15. The Morgan fingerprint density at radius 1 is 1.26 bits per heavy atom. The number of rotatable bonds is 8. The van der Waals surface area contributed by atoms with Crippen LogP contribution in [0.5, 0.6) is 0 Å². The lowest BCUT2D eigenvalue weighted by atomic mass is 9.87. The maximum atomic E-state index is 12.3. The molecule has 2 atom stereocenters. The number of sulfonamides is 1. The van der Waals surface area contributed by atoms with Crippen molar-refractivity contribution in [1.29, 1.82) is 0 Å². The summed E-state index contributed by atoms with van der Waals surface area (Å²) >= 11 is 0. The zero-order valence-corrected chi connectivity index (χ0v) is 13.5. The molecular formula is C14H30N2O2S. The van der Waals surface area contributed by atoms with Crippen molar-refractivity contribution in [2.24, 2.45) is 5.92 Å². The van der Waals surface area contributed by atoms with Gasteiger partial charge in [-0.05, 0) is 44.7 Å². The van der Waals surface area contributed by atoms with Gasteiger partial charge in [-0.2, -0.15) is 0 Å². The fourth-order valence-electron chi connectivity index (χ4n) is 2.81. The lowest BCUT2D eigenvalue weighted by molar-refractivity contribution is 0.239. The molecule has 2 unspecified atom stereocenters. The van der Waals surface area contributed by atoms with Gasteiger partial charge in [0.2, 0.25) is 10.0 Å². The van der Waals surface area contributed by atoms with E-state index in [-0.39, 0.29) is 6.04 Å². The van der Waals surface area contributed by atoms with Gasteiger partial charge in [-0.25, -0.2) is 12.7 Å². The van der Waals surface area contributed by atoms with Crippen LogP contribution in [0, 0.1) is 5.92 Å². The quantitative estimate of drug-likeness (QED) is 0.697. The first-order chi connectivity index (χ1) is 8.97. The average Bonchev–Trinajstić information content (AvgIpc) is 2.37. The number of hydrogen-bond acceptors (Lipinski definition) is 3. The maximum absolute atomic E-state index is 12.3. The van der Waals surface area contributed by atoms with Crippen LogP contribution in [-0.4, -0.2) is 44.7 Å². The summed E-state index contributed by atoms with van der Waals surface area (Å²) < 4.78 is 26.2. The molecule has 1 aliphatic rings. The molecule has 0 aromatic rings. The van der Waals surface area contributed by atoms with Crippen molar-refractivity contribution in [3.63, 3.8) is 0 Å². The van der Waals surface area contributed by atoms with Crippen LogP contribution in [0.15, 0.2) is 0 Å². The third-order valence-electron chi connectivity index (χ3n) is 4.12. The highest BCUT2D eigenvalue weighted by Gasteiger charge is 2.29. The van der Waals surface area contributed by atoms with Crippen LogP contribution in [0.2, 0.25) is 0 Å². The zero-order valence-electron chi connectivity index (χ0n) is 12.7. The predicted octanol–water partition coefficient (Wildman–Crippen LogP) is 2.22. The largest absolute Gasteiger partial charge is 0.317 e. The van der Waals surface area contributed by atoms with Gasteiger partial charge in [0.15, 0.2) is 0 Å². The Kier molecular flexibility index (Phi) is 7.32. The van der Waals surface area contributed by atoms with E-state index in [1.165, 1.54) is 6.42 Å². The van der Waals surface area contributed by atoms with Crippen molar-refractivity contribution in [2.75, 3.05) is 25.9 Å². The molecule has 0 aromatic heterocycles. The number of nitrogens with one attached hydrogen (secondary N) is 1. The Hall–Kier alpha value is -0.130. The van der Waals surface area contributed by atoms with Gasteiger partial charge >= 0.3 is 0 Å². The highest BCUT2D eigenvalue weighted by molar-refractivity contribution is 7.89. The van der Waals surface area contributed by atoms with Crippen LogP contribution < -0.4 is 5.32 Å². The van der Waals surface area contributed by atoms with Gasteiger partial charge in [-0.15, -0.1) is 0 Å². The Morgan fingerprint density at radius 2 is 2.00 bits per heavy atom.